The van der Waals surface area contributed by atoms with Crippen molar-refractivity contribution in [1.29, 1.82) is 5.26 Å². The van der Waals surface area contributed by atoms with Crippen molar-refractivity contribution in [2.24, 2.45) is 0 Å². The molecule has 4 heterocycles. The third-order valence-corrected chi connectivity index (χ3v) is 12.5. The Kier molecular flexibility index (Phi) is 5.97. The second kappa shape index (κ2) is 10.9. The summed E-state index contributed by atoms with van der Waals surface area (Å²) in [6.45, 7) is 0. The third-order valence-electron chi connectivity index (χ3n) is 11.3. The zero-order valence-corrected chi connectivity index (χ0v) is 29.7. The molecule has 0 saturated carbocycles. The van der Waals surface area contributed by atoms with Crippen molar-refractivity contribution in [2.75, 3.05) is 0 Å². The van der Waals surface area contributed by atoms with Crippen LogP contribution in [0.4, 0.5) is 0 Å². The van der Waals surface area contributed by atoms with Crippen molar-refractivity contribution in [1.82, 2.24) is 13.7 Å². The minimum Gasteiger partial charge on any atom is -0.306 e. The van der Waals surface area contributed by atoms with Crippen LogP contribution in [0.2, 0.25) is 0 Å². The molecule has 0 bridgehead atoms. The zero-order valence-electron chi connectivity index (χ0n) is 28.9. The Labute approximate surface area is 313 Å². The summed E-state index contributed by atoms with van der Waals surface area (Å²) in [4.78, 5) is 0. The fourth-order valence-corrected chi connectivity index (χ4v) is 10.4. The van der Waals surface area contributed by atoms with Gasteiger partial charge >= 0.3 is 0 Å². The normalized spacial score (nSPS) is 12.1. The van der Waals surface area contributed by atoms with Gasteiger partial charge in [0.2, 0.25) is 0 Å². The first-order chi connectivity index (χ1) is 26.8. The summed E-state index contributed by atoms with van der Waals surface area (Å²) in [5, 5.41) is 20.9. The Hall–Kier alpha value is -7.13. The maximum Gasteiger partial charge on any atom is 0.103 e. The van der Waals surface area contributed by atoms with Gasteiger partial charge in [0.05, 0.1) is 60.4 Å². The van der Waals surface area contributed by atoms with E-state index in [1.165, 1.54) is 21.5 Å². The summed E-state index contributed by atoms with van der Waals surface area (Å²) in [6.07, 6.45) is 0. The number of para-hydroxylation sites is 6. The predicted octanol–water partition coefficient (Wildman–Crippen LogP) is 13.2. The Morgan fingerprint density at radius 3 is 1.06 bits per heavy atom. The second-order valence-corrected chi connectivity index (χ2v) is 15.0. The third kappa shape index (κ3) is 3.74. The van der Waals surface area contributed by atoms with Crippen LogP contribution in [-0.2, 0) is 0 Å². The number of thiophene rings is 1. The number of hydrogen-bond acceptors (Lipinski definition) is 2. The van der Waals surface area contributed by atoms with Crippen molar-refractivity contribution in [3.8, 4) is 23.1 Å². The van der Waals surface area contributed by atoms with Crippen LogP contribution in [-0.4, -0.2) is 13.7 Å². The summed E-state index contributed by atoms with van der Waals surface area (Å²) < 4.78 is 9.41. The predicted molar refractivity (Wildman–Crippen MR) is 227 cm³/mol. The lowest BCUT2D eigenvalue weighted by molar-refractivity contribution is 1.06. The second-order valence-electron chi connectivity index (χ2n) is 13.9. The number of nitriles is 1. The highest BCUT2D eigenvalue weighted by atomic mass is 32.1. The average molecular weight is 705 g/mol. The number of hydrogen-bond donors (Lipinski definition) is 0. The van der Waals surface area contributed by atoms with Crippen molar-refractivity contribution < 1.29 is 0 Å². The van der Waals surface area contributed by atoms with Crippen LogP contribution in [0.3, 0.4) is 0 Å². The molecule has 0 fully saturated rings. The molecule has 0 saturated heterocycles. The Bertz CT molecular complexity index is 3420. The molecular formula is C49H28N4S. The molecule has 12 aromatic rings. The van der Waals surface area contributed by atoms with Crippen LogP contribution in [0.25, 0.3) is 103 Å². The molecule has 0 N–H and O–H groups in total. The smallest absolute Gasteiger partial charge is 0.103 e. The first kappa shape index (κ1) is 29.4. The first-order valence-corrected chi connectivity index (χ1v) is 19.0. The molecule has 5 heteroatoms. The molecule has 0 aliphatic rings. The van der Waals surface area contributed by atoms with E-state index < -0.39 is 0 Å². The van der Waals surface area contributed by atoms with E-state index >= 15 is 0 Å². The summed E-state index contributed by atoms with van der Waals surface area (Å²) in [5.74, 6) is 0. The van der Waals surface area contributed by atoms with Gasteiger partial charge in [0.15, 0.2) is 0 Å². The molecule has 0 unspecified atom stereocenters. The molecule has 4 aromatic heterocycles. The lowest BCUT2D eigenvalue weighted by Gasteiger charge is -2.24. The quantitative estimate of drug-likeness (QED) is 0.180. The van der Waals surface area contributed by atoms with Gasteiger partial charge in [-0.05, 0) is 42.5 Å². The minimum absolute atomic E-state index is 0.666. The van der Waals surface area contributed by atoms with Crippen molar-refractivity contribution in [3.05, 3.63) is 175 Å². The average Bonchev–Trinajstić information content (AvgIpc) is 3.97. The van der Waals surface area contributed by atoms with E-state index in [2.05, 4.69) is 190 Å². The minimum atomic E-state index is 0.666. The van der Waals surface area contributed by atoms with E-state index in [0.29, 0.717) is 5.56 Å². The fraction of sp³-hybridized carbons (Fsp3) is 0. The van der Waals surface area contributed by atoms with Crippen LogP contribution < -0.4 is 0 Å². The lowest BCUT2D eigenvalue weighted by Crippen LogP contribution is -2.11. The Balaban J connectivity index is 1.46. The highest BCUT2D eigenvalue weighted by molar-refractivity contribution is 7.26. The van der Waals surface area contributed by atoms with Gasteiger partial charge in [-0.25, -0.2) is 0 Å². The lowest BCUT2D eigenvalue weighted by atomic mass is 10.0. The van der Waals surface area contributed by atoms with E-state index in [-0.39, 0.29) is 0 Å². The van der Waals surface area contributed by atoms with Gasteiger partial charge in [0.1, 0.15) is 6.07 Å². The van der Waals surface area contributed by atoms with Crippen molar-refractivity contribution in [3.63, 3.8) is 0 Å². The number of aromatic nitrogens is 3. The molecule has 54 heavy (non-hydrogen) atoms. The van der Waals surface area contributed by atoms with Crippen LogP contribution in [0.1, 0.15) is 5.56 Å². The largest absolute Gasteiger partial charge is 0.306 e. The molecule has 0 radical (unpaired) electrons. The highest BCUT2D eigenvalue weighted by Gasteiger charge is 2.31. The zero-order chi connectivity index (χ0) is 35.5. The van der Waals surface area contributed by atoms with Crippen molar-refractivity contribution >= 4 is 96.9 Å². The van der Waals surface area contributed by atoms with Gasteiger partial charge in [0, 0.05) is 47.8 Å². The molecule has 0 amide bonds. The van der Waals surface area contributed by atoms with Crippen LogP contribution in [0.15, 0.2) is 170 Å². The van der Waals surface area contributed by atoms with Crippen LogP contribution in [0.5, 0.6) is 0 Å². The number of benzene rings is 8. The molecule has 0 atom stereocenters. The van der Waals surface area contributed by atoms with Gasteiger partial charge in [-0.15, -0.1) is 11.3 Å². The first-order valence-electron chi connectivity index (χ1n) is 18.2. The van der Waals surface area contributed by atoms with E-state index in [4.69, 9.17) is 0 Å². The molecule has 0 aliphatic carbocycles. The standard InChI is InChI=1S/C49H28N4S/c50-29-37-46(51-38-22-8-1-15-30(38)31-16-2-9-23-39(31)51)48(53-42-26-12-5-19-34(42)35-20-6-13-27-43(35)53)47(45-36-21-7-14-28-44(36)54-49(37)45)52-40-24-10-3-17-32(40)33-18-4-11-25-41(33)52/h1-28H. The molecular weight excluding hydrogens is 677 g/mol. The van der Waals surface area contributed by atoms with E-state index in [1.54, 1.807) is 11.3 Å². The Morgan fingerprint density at radius 2 is 0.667 bits per heavy atom. The monoisotopic (exact) mass is 704 g/mol. The number of nitrogens with zero attached hydrogens (tertiary/aromatic N) is 4. The molecule has 12 rings (SSSR count). The number of fused-ring (bicyclic) bond motifs is 12. The molecule has 0 aliphatic heterocycles. The van der Waals surface area contributed by atoms with Crippen molar-refractivity contribution in [2.45, 2.75) is 0 Å². The fourth-order valence-electron chi connectivity index (χ4n) is 9.15. The van der Waals surface area contributed by atoms with E-state index in [9.17, 15) is 5.26 Å². The van der Waals surface area contributed by atoms with Crippen LogP contribution in [0, 0.1) is 11.3 Å². The Morgan fingerprint density at radius 1 is 0.352 bits per heavy atom. The van der Waals surface area contributed by atoms with Gasteiger partial charge < -0.3 is 13.7 Å². The van der Waals surface area contributed by atoms with Gasteiger partial charge in [0.25, 0.3) is 0 Å². The summed E-state index contributed by atoms with van der Waals surface area (Å²) in [7, 11) is 0. The molecule has 8 aromatic carbocycles. The van der Waals surface area contributed by atoms with Gasteiger partial charge in [-0.2, -0.15) is 5.26 Å². The van der Waals surface area contributed by atoms with Gasteiger partial charge in [-0.3, -0.25) is 0 Å². The molecule has 4 nitrogen and oxygen atoms in total. The summed E-state index contributed by atoms with van der Waals surface area (Å²) in [5.41, 5.74) is 10.1. The molecule has 0 spiro atoms. The SMILES string of the molecule is N#Cc1c(-n2c3ccccc3c3ccccc32)c(-n2c3ccccc3c3ccccc32)c(-n2c3ccccc3c3ccccc32)c2c1sc1ccccc12. The topological polar surface area (TPSA) is 38.6 Å². The maximum absolute atomic E-state index is 11.6. The molecule has 250 valence electrons. The van der Waals surface area contributed by atoms with Crippen LogP contribution >= 0.6 is 11.3 Å². The van der Waals surface area contributed by atoms with E-state index in [0.717, 1.165) is 81.1 Å². The number of rotatable bonds is 3. The summed E-state index contributed by atoms with van der Waals surface area (Å²) >= 11 is 1.71. The highest BCUT2D eigenvalue weighted by Crippen LogP contribution is 2.50. The maximum atomic E-state index is 11.6. The van der Waals surface area contributed by atoms with Gasteiger partial charge in [-0.1, -0.05) is 127 Å². The van der Waals surface area contributed by atoms with E-state index in [1.807, 2.05) is 0 Å². The summed E-state index contributed by atoms with van der Waals surface area (Å²) in [6, 6.07) is 63.6.